The minimum Gasteiger partial charge on any atom is -0.462 e. The van der Waals surface area contributed by atoms with E-state index in [-0.39, 0.29) is 17.1 Å². The van der Waals surface area contributed by atoms with Crippen LogP contribution < -0.4 is 0 Å². The quantitative estimate of drug-likeness (QED) is 0.524. The molecule has 2 atom stereocenters. The number of hydrogen-bond acceptors (Lipinski definition) is 2. The maximum Gasteiger partial charge on any atom is 0.308 e. The van der Waals surface area contributed by atoms with E-state index in [2.05, 4.69) is 20.8 Å². The number of rotatable bonds is 7. The molecule has 1 aliphatic rings. The molecule has 2 unspecified atom stereocenters. The van der Waals surface area contributed by atoms with Gasteiger partial charge in [0.1, 0.15) is 6.10 Å². The lowest BCUT2D eigenvalue weighted by Gasteiger charge is -2.35. The first-order valence-electron chi connectivity index (χ1n) is 7.79. The Hall–Kier alpha value is -0.313. The third-order valence-corrected chi connectivity index (χ3v) is 6.74. The van der Waals surface area contributed by atoms with Crippen LogP contribution in [0.3, 0.4) is 0 Å². The summed E-state index contributed by atoms with van der Waals surface area (Å²) in [6.07, 6.45) is 9.21. The van der Waals surface area contributed by atoms with Crippen LogP contribution in [0.2, 0.25) is 5.04 Å². The Bertz CT molecular complexity index is 261. The van der Waals surface area contributed by atoms with E-state index in [9.17, 15) is 4.79 Å². The molecule has 106 valence electrons. The summed E-state index contributed by atoms with van der Waals surface area (Å²) in [5, 5.41) is -0.145. The lowest BCUT2D eigenvalue weighted by atomic mass is 9.83. The highest BCUT2D eigenvalue weighted by atomic mass is 28.1. The average Bonchev–Trinajstić information content (AvgIpc) is 2.87. The van der Waals surface area contributed by atoms with Gasteiger partial charge < -0.3 is 4.74 Å². The summed E-state index contributed by atoms with van der Waals surface area (Å²) in [4.78, 5) is 12.5. The Kier molecular flexibility index (Phi) is 6.40. The minimum absolute atomic E-state index is 0.115. The fourth-order valence-electron chi connectivity index (χ4n) is 3.21. The standard InChI is InChI=1S/C15H30O2Si/c1-4-9-12(5-2)15(18,6-3)14(16)17-13-10-7-8-11-13/h12-13H,4-11H2,1-3,18H3. The Labute approximate surface area is 115 Å². The van der Waals surface area contributed by atoms with Gasteiger partial charge in [0.2, 0.25) is 0 Å². The molecule has 0 aromatic rings. The molecule has 0 heterocycles. The molecule has 1 rings (SSSR count). The van der Waals surface area contributed by atoms with Crippen molar-refractivity contribution < 1.29 is 9.53 Å². The van der Waals surface area contributed by atoms with Crippen molar-refractivity contribution in [3.8, 4) is 0 Å². The highest BCUT2D eigenvalue weighted by Crippen LogP contribution is 2.42. The highest BCUT2D eigenvalue weighted by Gasteiger charge is 2.40. The predicted octanol–water partition coefficient (Wildman–Crippen LogP) is 3.23. The molecule has 0 saturated heterocycles. The Morgan fingerprint density at radius 2 is 1.94 bits per heavy atom. The summed E-state index contributed by atoms with van der Waals surface area (Å²) in [5.74, 6) is 0.636. The van der Waals surface area contributed by atoms with Crippen LogP contribution in [0, 0.1) is 5.92 Å². The summed E-state index contributed by atoms with van der Waals surface area (Å²) in [6, 6.07) is 0. The maximum absolute atomic E-state index is 12.5. The van der Waals surface area contributed by atoms with Crippen molar-refractivity contribution in [3.63, 3.8) is 0 Å². The van der Waals surface area contributed by atoms with Crippen LogP contribution in [0.4, 0.5) is 0 Å². The monoisotopic (exact) mass is 270 g/mol. The summed E-state index contributed by atoms with van der Waals surface area (Å²) in [5.41, 5.74) is 0. The van der Waals surface area contributed by atoms with Crippen LogP contribution >= 0.6 is 0 Å². The lowest BCUT2D eigenvalue weighted by Crippen LogP contribution is -2.35. The molecule has 18 heavy (non-hydrogen) atoms. The van der Waals surface area contributed by atoms with Gasteiger partial charge >= 0.3 is 5.97 Å². The molecule has 0 spiro atoms. The van der Waals surface area contributed by atoms with E-state index in [1.165, 1.54) is 19.3 Å². The molecule has 0 aliphatic heterocycles. The molecule has 1 fully saturated rings. The minimum atomic E-state index is -0.145. The van der Waals surface area contributed by atoms with Crippen LogP contribution in [0.15, 0.2) is 0 Å². The number of carbonyl (C=O) groups is 1. The molecular formula is C15H30O2Si. The van der Waals surface area contributed by atoms with Gasteiger partial charge in [-0.05, 0) is 44.4 Å². The molecule has 0 aromatic heterocycles. The largest absolute Gasteiger partial charge is 0.462 e. The first-order chi connectivity index (χ1) is 8.58. The van der Waals surface area contributed by atoms with Crippen molar-refractivity contribution in [2.24, 2.45) is 5.92 Å². The van der Waals surface area contributed by atoms with Gasteiger partial charge in [0, 0.05) is 10.2 Å². The van der Waals surface area contributed by atoms with Gasteiger partial charge in [0.05, 0.1) is 5.04 Å². The Morgan fingerprint density at radius 3 is 2.39 bits per heavy atom. The van der Waals surface area contributed by atoms with Gasteiger partial charge in [-0.25, -0.2) is 0 Å². The Balaban J connectivity index is 2.67. The zero-order valence-corrected chi connectivity index (χ0v) is 14.6. The topological polar surface area (TPSA) is 26.3 Å². The van der Waals surface area contributed by atoms with E-state index in [0.717, 1.165) is 42.3 Å². The van der Waals surface area contributed by atoms with Gasteiger partial charge in [0.25, 0.3) is 0 Å². The van der Waals surface area contributed by atoms with Crippen molar-refractivity contribution >= 4 is 16.2 Å². The molecule has 0 radical (unpaired) electrons. The molecular weight excluding hydrogens is 240 g/mol. The molecule has 0 bridgehead atoms. The molecule has 0 amide bonds. The second kappa shape index (κ2) is 7.32. The third-order valence-electron chi connectivity index (χ3n) is 4.81. The SMILES string of the molecule is CCCC(CC)C([SiH3])(CC)C(=O)OC1CCCC1. The second-order valence-corrected chi connectivity index (χ2v) is 7.76. The molecule has 0 aromatic carbocycles. The van der Waals surface area contributed by atoms with Crippen molar-refractivity contribution in [3.05, 3.63) is 0 Å². The number of ether oxygens (including phenoxy) is 1. The Morgan fingerprint density at radius 1 is 1.33 bits per heavy atom. The van der Waals surface area contributed by atoms with E-state index in [4.69, 9.17) is 4.74 Å². The fourth-order valence-corrected chi connectivity index (χ4v) is 4.03. The average molecular weight is 270 g/mol. The van der Waals surface area contributed by atoms with Crippen LogP contribution in [-0.2, 0) is 9.53 Å². The van der Waals surface area contributed by atoms with E-state index in [0.29, 0.717) is 5.92 Å². The van der Waals surface area contributed by atoms with E-state index in [1.54, 1.807) is 0 Å². The summed E-state index contributed by atoms with van der Waals surface area (Å²) in [7, 11) is 0.916. The second-order valence-electron chi connectivity index (χ2n) is 5.98. The van der Waals surface area contributed by atoms with Crippen LogP contribution in [0.1, 0.15) is 72.1 Å². The first kappa shape index (κ1) is 15.7. The summed E-state index contributed by atoms with van der Waals surface area (Å²) < 4.78 is 5.79. The maximum atomic E-state index is 12.5. The fraction of sp³-hybridized carbons (Fsp3) is 0.933. The van der Waals surface area contributed by atoms with Gasteiger partial charge in [0.15, 0.2) is 0 Å². The zero-order chi connectivity index (χ0) is 13.6. The van der Waals surface area contributed by atoms with Gasteiger partial charge in [-0.1, -0.05) is 33.6 Å². The van der Waals surface area contributed by atoms with Crippen LogP contribution in [0.25, 0.3) is 0 Å². The number of esters is 1. The van der Waals surface area contributed by atoms with E-state index < -0.39 is 0 Å². The summed E-state index contributed by atoms with van der Waals surface area (Å²) >= 11 is 0. The number of hydrogen-bond donors (Lipinski definition) is 0. The van der Waals surface area contributed by atoms with Gasteiger partial charge in [-0.15, -0.1) is 0 Å². The molecule has 1 aliphatic carbocycles. The van der Waals surface area contributed by atoms with Crippen molar-refractivity contribution in [2.75, 3.05) is 0 Å². The summed E-state index contributed by atoms with van der Waals surface area (Å²) in [6.45, 7) is 6.58. The van der Waals surface area contributed by atoms with Gasteiger partial charge in [-0.2, -0.15) is 0 Å². The van der Waals surface area contributed by atoms with Gasteiger partial charge in [-0.3, -0.25) is 4.79 Å². The van der Waals surface area contributed by atoms with Crippen molar-refractivity contribution in [2.45, 2.75) is 83.3 Å². The van der Waals surface area contributed by atoms with Crippen molar-refractivity contribution in [1.29, 1.82) is 0 Å². The van der Waals surface area contributed by atoms with Crippen LogP contribution in [-0.4, -0.2) is 22.3 Å². The number of carbonyl (C=O) groups excluding carboxylic acids is 1. The molecule has 0 N–H and O–H groups in total. The molecule has 1 saturated carbocycles. The van der Waals surface area contributed by atoms with Crippen LogP contribution in [0.5, 0.6) is 0 Å². The van der Waals surface area contributed by atoms with E-state index >= 15 is 0 Å². The smallest absolute Gasteiger partial charge is 0.308 e. The first-order valence-corrected chi connectivity index (χ1v) is 8.79. The molecule has 2 nitrogen and oxygen atoms in total. The zero-order valence-electron chi connectivity index (χ0n) is 12.6. The third kappa shape index (κ3) is 3.59. The lowest BCUT2D eigenvalue weighted by molar-refractivity contribution is -0.154. The van der Waals surface area contributed by atoms with Crippen molar-refractivity contribution in [1.82, 2.24) is 0 Å². The predicted molar refractivity (Wildman–Crippen MR) is 80.0 cm³/mol. The highest BCUT2D eigenvalue weighted by molar-refractivity contribution is 6.27. The molecule has 3 heteroatoms. The van der Waals surface area contributed by atoms with E-state index in [1.807, 2.05) is 0 Å². The normalized spacial score (nSPS) is 21.7.